The van der Waals surface area contributed by atoms with Gasteiger partial charge in [0.1, 0.15) is 5.75 Å². The van der Waals surface area contributed by atoms with Gasteiger partial charge in [-0.2, -0.15) is 10.1 Å². The molecule has 184 valence electrons. The summed E-state index contributed by atoms with van der Waals surface area (Å²) < 4.78 is 8.87. The van der Waals surface area contributed by atoms with Crippen molar-refractivity contribution in [3.63, 3.8) is 0 Å². The number of anilines is 3. The molecule has 0 unspecified atom stereocenters. The summed E-state index contributed by atoms with van der Waals surface area (Å²) in [6.45, 7) is 3.47. The quantitative estimate of drug-likeness (QED) is 0.299. The Morgan fingerprint density at radius 3 is 2.68 bits per heavy atom. The first-order valence-corrected chi connectivity index (χ1v) is 11.4. The van der Waals surface area contributed by atoms with Gasteiger partial charge >= 0.3 is 0 Å². The van der Waals surface area contributed by atoms with Crippen molar-refractivity contribution < 1.29 is 9.53 Å². The van der Waals surface area contributed by atoms with Crippen LogP contribution in [0.15, 0.2) is 90.5 Å². The number of carbonyl (C=O) groups excluding carboxylic acids is 1. The maximum Gasteiger partial charge on any atom is 0.299 e. The fraction of sp³-hybridized carbons (Fsp3) is 0.0385. The van der Waals surface area contributed by atoms with Crippen molar-refractivity contribution in [2.24, 2.45) is 7.05 Å². The van der Waals surface area contributed by atoms with Gasteiger partial charge in [-0.3, -0.25) is 18.8 Å². The van der Waals surface area contributed by atoms with Gasteiger partial charge in [0, 0.05) is 30.5 Å². The molecule has 0 fully saturated rings. The lowest BCUT2D eigenvalue weighted by Crippen LogP contribution is -2.21. The van der Waals surface area contributed by atoms with Crippen molar-refractivity contribution in [3.8, 4) is 17.2 Å². The van der Waals surface area contributed by atoms with Crippen molar-refractivity contribution in [2.45, 2.75) is 0 Å². The zero-order chi connectivity index (χ0) is 25.9. The zero-order valence-corrected chi connectivity index (χ0v) is 20.3. The van der Waals surface area contributed by atoms with Gasteiger partial charge in [0.2, 0.25) is 11.9 Å². The van der Waals surface area contributed by atoms with Gasteiger partial charge in [-0.1, -0.05) is 42.4 Å². The summed E-state index contributed by atoms with van der Waals surface area (Å²) in [6.07, 6.45) is 4.43. The van der Waals surface area contributed by atoms with Crippen molar-refractivity contribution >= 4 is 45.9 Å². The second kappa shape index (κ2) is 9.96. The predicted molar refractivity (Wildman–Crippen MR) is 142 cm³/mol. The highest BCUT2D eigenvalue weighted by Crippen LogP contribution is 2.27. The SMILES string of the molecule is C=CC(=O)Nc1cccc(-n2c(=O)c(Oc3ccccc3)cc3cnc(Nc4cn(C)nc4Cl)nc32)c1. The second-order valence-electron chi connectivity index (χ2n) is 7.91. The van der Waals surface area contributed by atoms with Crippen LogP contribution in [0.4, 0.5) is 17.3 Å². The van der Waals surface area contributed by atoms with Crippen LogP contribution >= 0.6 is 11.6 Å². The topological polar surface area (TPSA) is 116 Å². The maximum absolute atomic E-state index is 13.7. The number of amides is 1. The summed E-state index contributed by atoms with van der Waals surface area (Å²) in [5, 5.41) is 10.6. The van der Waals surface area contributed by atoms with E-state index < -0.39 is 5.56 Å². The molecule has 0 saturated carbocycles. The fourth-order valence-electron chi connectivity index (χ4n) is 3.64. The number of carbonyl (C=O) groups is 1. The summed E-state index contributed by atoms with van der Waals surface area (Å²) >= 11 is 6.17. The number of benzene rings is 2. The van der Waals surface area contributed by atoms with E-state index in [0.717, 1.165) is 6.08 Å². The van der Waals surface area contributed by atoms with E-state index in [0.29, 0.717) is 33.8 Å². The Balaban J connectivity index is 1.67. The predicted octanol–water partition coefficient (Wildman–Crippen LogP) is 4.83. The molecule has 0 spiro atoms. The number of aromatic nitrogens is 5. The molecule has 11 heteroatoms. The number of hydrogen-bond acceptors (Lipinski definition) is 7. The molecule has 3 heterocycles. The third kappa shape index (κ3) is 5.04. The van der Waals surface area contributed by atoms with Crippen LogP contribution in [-0.2, 0) is 11.8 Å². The summed E-state index contributed by atoms with van der Waals surface area (Å²) in [4.78, 5) is 34.5. The normalized spacial score (nSPS) is 10.8. The monoisotopic (exact) mass is 513 g/mol. The first-order chi connectivity index (χ1) is 17.9. The Bertz CT molecular complexity index is 1700. The molecule has 37 heavy (non-hydrogen) atoms. The van der Waals surface area contributed by atoms with E-state index in [-0.39, 0.29) is 22.8 Å². The molecule has 5 rings (SSSR count). The lowest BCUT2D eigenvalue weighted by atomic mass is 10.2. The average molecular weight is 514 g/mol. The first-order valence-electron chi connectivity index (χ1n) is 11.1. The molecular formula is C26H20ClN7O3. The van der Waals surface area contributed by atoms with E-state index in [1.807, 2.05) is 18.2 Å². The molecule has 0 aliphatic carbocycles. The number of halogens is 1. The van der Waals surface area contributed by atoms with Crippen molar-refractivity contribution in [1.82, 2.24) is 24.3 Å². The molecule has 0 saturated heterocycles. The summed E-state index contributed by atoms with van der Waals surface area (Å²) in [6, 6.07) is 17.4. The van der Waals surface area contributed by atoms with Gasteiger partial charge in [-0.25, -0.2) is 4.98 Å². The highest BCUT2D eigenvalue weighted by molar-refractivity contribution is 6.32. The van der Waals surface area contributed by atoms with Gasteiger partial charge in [0.25, 0.3) is 5.56 Å². The fourth-order valence-corrected chi connectivity index (χ4v) is 3.86. The summed E-state index contributed by atoms with van der Waals surface area (Å²) in [7, 11) is 1.74. The Labute approximate surface area is 215 Å². The molecule has 10 nitrogen and oxygen atoms in total. The van der Waals surface area contributed by atoms with Gasteiger partial charge in [0.05, 0.1) is 11.4 Å². The van der Waals surface area contributed by atoms with Gasteiger partial charge < -0.3 is 15.4 Å². The van der Waals surface area contributed by atoms with E-state index in [4.69, 9.17) is 16.3 Å². The molecule has 0 aliphatic rings. The average Bonchev–Trinajstić information content (AvgIpc) is 3.21. The van der Waals surface area contributed by atoms with E-state index in [1.165, 1.54) is 4.57 Å². The lowest BCUT2D eigenvalue weighted by molar-refractivity contribution is -0.111. The number of hydrogen-bond donors (Lipinski definition) is 2. The summed E-state index contributed by atoms with van der Waals surface area (Å²) in [5.74, 6) is 0.419. The Kier molecular flexibility index (Phi) is 6.40. The largest absolute Gasteiger partial charge is 0.452 e. The zero-order valence-electron chi connectivity index (χ0n) is 19.6. The Morgan fingerprint density at radius 2 is 1.95 bits per heavy atom. The van der Waals surface area contributed by atoms with Gasteiger partial charge in [-0.15, -0.1) is 0 Å². The minimum atomic E-state index is -0.451. The molecule has 0 bridgehead atoms. The molecule has 2 N–H and O–H groups in total. The molecule has 5 aromatic rings. The minimum Gasteiger partial charge on any atom is -0.452 e. The van der Waals surface area contributed by atoms with Crippen LogP contribution < -0.4 is 20.9 Å². The lowest BCUT2D eigenvalue weighted by Gasteiger charge is -2.14. The van der Waals surface area contributed by atoms with Crippen LogP contribution in [0.5, 0.6) is 11.5 Å². The number of rotatable bonds is 7. The second-order valence-corrected chi connectivity index (χ2v) is 8.27. The summed E-state index contributed by atoms with van der Waals surface area (Å²) in [5.41, 5.74) is 1.31. The Morgan fingerprint density at radius 1 is 1.14 bits per heavy atom. The van der Waals surface area contributed by atoms with Crippen LogP contribution in [0.25, 0.3) is 16.7 Å². The molecule has 3 aromatic heterocycles. The van der Waals surface area contributed by atoms with Crippen LogP contribution in [0.3, 0.4) is 0 Å². The van der Waals surface area contributed by atoms with Crippen molar-refractivity contribution in [3.05, 3.63) is 101 Å². The van der Waals surface area contributed by atoms with Crippen molar-refractivity contribution in [2.75, 3.05) is 10.6 Å². The van der Waals surface area contributed by atoms with Crippen LogP contribution in [0.2, 0.25) is 5.15 Å². The third-order valence-corrected chi connectivity index (χ3v) is 5.55. The highest BCUT2D eigenvalue weighted by Gasteiger charge is 2.17. The van der Waals surface area contributed by atoms with Crippen LogP contribution in [-0.4, -0.2) is 30.2 Å². The standard InChI is InChI=1S/C26H20ClN7O3/c1-3-22(35)29-17-8-7-9-18(13-17)34-24-16(12-21(25(34)36)37-19-10-5-4-6-11-19)14-28-26(31-24)30-20-15-33(2)32-23(20)27/h3-15H,1H2,2H3,(H,29,35)(H,28,30,31). The number of aryl methyl sites for hydroxylation is 1. The molecule has 0 aliphatic heterocycles. The van der Waals surface area contributed by atoms with Crippen LogP contribution in [0.1, 0.15) is 0 Å². The number of fused-ring (bicyclic) bond motifs is 1. The molecule has 2 aromatic carbocycles. The number of nitrogens with zero attached hydrogens (tertiary/aromatic N) is 5. The van der Waals surface area contributed by atoms with E-state index in [1.54, 1.807) is 66.6 Å². The molecule has 1 amide bonds. The number of pyridine rings is 1. The van der Waals surface area contributed by atoms with E-state index >= 15 is 0 Å². The maximum atomic E-state index is 13.7. The number of nitrogens with one attached hydrogen (secondary N) is 2. The molecule has 0 radical (unpaired) electrons. The molecule has 0 atom stereocenters. The van der Waals surface area contributed by atoms with Gasteiger partial charge in [-0.05, 0) is 42.5 Å². The smallest absolute Gasteiger partial charge is 0.299 e. The third-order valence-electron chi connectivity index (χ3n) is 5.27. The van der Waals surface area contributed by atoms with Crippen LogP contribution in [0, 0.1) is 0 Å². The minimum absolute atomic E-state index is 0.0823. The van der Waals surface area contributed by atoms with Gasteiger partial charge in [0.15, 0.2) is 16.5 Å². The molecular weight excluding hydrogens is 494 g/mol. The van der Waals surface area contributed by atoms with E-state index in [9.17, 15) is 9.59 Å². The first kappa shape index (κ1) is 23.8. The number of ether oxygens (including phenoxy) is 1. The highest BCUT2D eigenvalue weighted by atomic mass is 35.5. The van der Waals surface area contributed by atoms with E-state index in [2.05, 4.69) is 32.3 Å². The van der Waals surface area contributed by atoms with Crippen molar-refractivity contribution in [1.29, 1.82) is 0 Å². The number of para-hydroxylation sites is 1. The Hall–Kier alpha value is -4.96.